The van der Waals surface area contributed by atoms with E-state index in [1.54, 1.807) is 41.8 Å². The summed E-state index contributed by atoms with van der Waals surface area (Å²) in [6.07, 6.45) is 2.77. The summed E-state index contributed by atoms with van der Waals surface area (Å²) in [5.74, 6) is -1.37. The lowest BCUT2D eigenvalue weighted by atomic mass is 10.1. The molecule has 1 amide bonds. The van der Waals surface area contributed by atoms with Gasteiger partial charge in [-0.05, 0) is 18.6 Å². The van der Waals surface area contributed by atoms with Gasteiger partial charge in [0.2, 0.25) is 0 Å². The van der Waals surface area contributed by atoms with Gasteiger partial charge in [0.25, 0.3) is 5.91 Å². The van der Waals surface area contributed by atoms with Crippen molar-refractivity contribution in [3.8, 4) is 0 Å². The molecule has 8 heteroatoms. The van der Waals surface area contributed by atoms with Crippen molar-refractivity contribution in [3.63, 3.8) is 0 Å². The van der Waals surface area contributed by atoms with Crippen LogP contribution in [0.1, 0.15) is 23.2 Å². The molecule has 7 nitrogen and oxygen atoms in total. The number of para-hydroxylation sites is 1. The van der Waals surface area contributed by atoms with Crippen molar-refractivity contribution in [2.45, 2.75) is 32.4 Å². The van der Waals surface area contributed by atoms with Crippen LogP contribution in [0.5, 0.6) is 0 Å². The van der Waals surface area contributed by atoms with Gasteiger partial charge in [0.05, 0.1) is 12.2 Å². The molecule has 1 unspecified atom stereocenters. The van der Waals surface area contributed by atoms with Crippen molar-refractivity contribution >= 4 is 34.6 Å². The Bertz CT molecular complexity index is 803. The Morgan fingerprint density at radius 2 is 2.12 bits per heavy atom. The average molecular weight is 358 g/mol. The van der Waals surface area contributed by atoms with Crippen molar-refractivity contribution in [1.82, 2.24) is 10.3 Å². The number of carboxylic acid groups (broad SMARTS) is 1. The third-order valence-corrected chi connectivity index (χ3v) is 4.97. The van der Waals surface area contributed by atoms with Crippen LogP contribution in [0.4, 0.5) is 5.69 Å². The lowest BCUT2D eigenvalue weighted by molar-refractivity contribution is -0.138. The summed E-state index contributed by atoms with van der Waals surface area (Å²) >= 11 is 1.55. The lowest BCUT2D eigenvalue weighted by Gasteiger charge is -2.19. The molecule has 1 aliphatic rings. The molecule has 2 N–H and O–H groups in total. The predicted octanol–water partition coefficient (Wildman–Crippen LogP) is 2.04. The van der Waals surface area contributed by atoms with Crippen LogP contribution in [-0.2, 0) is 22.6 Å². The molecule has 2 heterocycles. The number of nitrogens with one attached hydrogen (secondary N) is 1. The molecule has 0 aliphatic carbocycles. The zero-order valence-corrected chi connectivity index (χ0v) is 14.5. The molecule has 2 aromatic rings. The van der Waals surface area contributed by atoms with Crippen LogP contribution in [0.2, 0.25) is 0 Å². The Kier molecular flexibility index (Phi) is 5.08. The zero-order valence-electron chi connectivity index (χ0n) is 13.7. The molecule has 25 heavy (non-hydrogen) atoms. The first-order chi connectivity index (χ1) is 12.1. The van der Waals surface area contributed by atoms with Crippen molar-refractivity contribution in [3.05, 3.63) is 46.4 Å². The van der Waals surface area contributed by atoms with Crippen molar-refractivity contribution in [2.75, 3.05) is 5.01 Å². The fraction of sp³-hybridized carbons (Fsp3) is 0.294. The lowest BCUT2D eigenvalue weighted by Crippen LogP contribution is -2.35. The van der Waals surface area contributed by atoms with E-state index in [2.05, 4.69) is 15.4 Å². The van der Waals surface area contributed by atoms with Crippen LogP contribution >= 0.6 is 11.3 Å². The van der Waals surface area contributed by atoms with Gasteiger partial charge < -0.3 is 10.4 Å². The van der Waals surface area contributed by atoms with Gasteiger partial charge in [0, 0.05) is 17.5 Å². The van der Waals surface area contributed by atoms with Gasteiger partial charge in [-0.3, -0.25) is 9.80 Å². The topological polar surface area (TPSA) is 94.9 Å². The molecule has 0 radical (unpaired) electrons. The molecule has 0 fully saturated rings. The Balaban J connectivity index is 1.70. The summed E-state index contributed by atoms with van der Waals surface area (Å²) in [6.45, 7) is 2.36. The van der Waals surface area contributed by atoms with Crippen LogP contribution < -0.4 is 10.3 Å². The number of carbonyl (C=O) groups excluding carboxylic acids is 1. The van der Waals surface area contributed by atoms with Crippen LogP contribution in [-0.4, -0.2) is 33.7 Å². The fourth-order valence-electron chi connectivity index (χ4n) is 2.51. The normalized spacial score (nSPS) is 16.6. The number of rotatable bonds is 6. The van der Waals surface area contributed by atoms with Crippen molar-refractivity contribution in [1.29, 1.82) is 0 Å². The summed E-state index contributed by atoms with van der Waals surface area (Å²) in [7, 11) is 0. The minimum atomic E-state index is -1.01. The summed E-state index contributed by atoms with van der Waals surface area (Å²) in [5, 5.41) is 18.6. The van der Waals surface area contributed by atoms with E-state index in [9.17, 15) is 14.7 Å². The molecule has 3 rings (SSSR count). The van der Waals surface area contributed by atoms with E-state index in [1.165, 1.54) is 5.01 Å². The standard InChI is InChI=1S/C17H18N4O3S/c1-2-12-9-18-15(25-12)10-19-16(22)13-8-14(17(23)24)21(20-13)11-6-4-3-5-7-11/h3-7,9,14H,2,8,10H2,1H3,(H,19,22)(H,23,24). The van der Waals surface area contributed by atoms with Crippen molar-refractivity contribution < 1.29 is 14.7 Å². The quantitative estimate of drug-likeness (QED) is 0.824. The number of aryl methyl sites for hydroxylation is 1. The van der Waals surface area contributed by atoms with E-state index in [4.69, 9.17) is 0 Å². The molecule has 1 atom stereocenters. The van der Waals surface area contributed by atoms with E-state index in [0.717, 1.165) is 16.3 Å². The number of hydrogen-bond acceptors (Lipinski definition) is 6. The van der Waals surface area contributed by atoms with Crippen LogP contribution in [0.3, 0.4) is 0 Å². The first kappa shape index (κ1) is 17.1. The Labute approximate surface area is 149 Å². The highest BCUT2D eigenvalue weighted by Crippen LogP contribution is 2.24. The number of aliphatic carboxylic acids is 1. The van der Waals surface area contributed by atoms with E-state index in [1.807, 2.05) is 13.0 Å². The highest BCUT2D eigenvalue weighted by molar-refractivity contribution is 7.11. The maximum Gasteiger partial charge on any atom is 0.328 e. The zero-order chi connectivity index (χ0) is 17.8. The highest BCUT2D eigenvalue weighted by atomic mass is 32.1. The molecule has 0 spiro atoms. The van der Waals surface area contributed by atoms with Crippen molar-refractivity contribution in [2.24, 2.45) is 5.10 Å². The third kappa shape index (κ3) is 3.85. The van der Waals surface area contributed by atoms with E-state index >= 15 is 0 Å². The average Bonchev–Trinajstić information content (AvgIpc) is 3.27. The Morgan fingerprint density at radius 1 is 1.36 bits per heavy atom. The highest BCUT2D eigenvalue weighted by Gasteiger charge is 2.36. The second-order valence-corrected chi connectivity index (χ2v) is 6.74. The fourth-order valence-corrected chi connectivity index (χ4v) is 3.31. The SMILES string of the molecule is CCc1cnc(CNC(=O)C2=NN(c3ccccc3)C(C(=O)O)C2)s1. The van der Waals surface area contributed by atoms with Gasteiger partial charge in [-0.2, -0.15) is 5.10 Å². The molecule has 1 aliphatic heterocycles. The molecular formula is C17H18N4O3S. The van der Waals surface area contributed by atoms with Gasteiger partial charge >= 0.3 is 5.97 Å². The minimum absolute atomic E-state index is 0.0636. The van der Waals surface area contributed by atoms with E-state index in [0.29, 0.717) is 12.2 Å². The number of amides is 1. The summed E-state index contributed by atoms with van der Waals surface area (Å²) < 4.78 is 0. The first-order valence-corrected chi connectivity index (χ1v) is 8.76. The first-order valence-electron chi connectivity index (χ1n) is 7.94. The number of nitrogens with zero attached hydrogens (tertiary/aromatic N) is 3. The number of hydrazone groups is 1. The minimum Gasteiger partial charge on any atom is -0.480 e. The third-order valence-electron chi connectivity index (χ3n) is 3.83. The predicted molar refractivity (Wildman–Crippen MR) is 95.7 cm³/mol. The molecule has 1 aromatic heterocycles. The molecule has 130 valence electrons. The number of carbonyl (C=O) groups is 2. The number of anilines is 1. The Hall–Kier alpha value is -2.74. The van der Waals surface area contributed by atoms with Gasteiger partial charge in [0.1, 0.15) is 10.7 Å². The van der Waals surface area contributed by atoms with E-state index in [-0.39, 0.29) is 18.0 Å². The summed E-state index contributed by atoms with van der Waals surface area (Å²) in [4.78, 5) is 29.3. The smallest absolute Gasteiger partial charge is 0.328 e. The number of benzene rings is 1. The maximum absolute atomic E-state index is 12.4. The molecule has 1 aromatic carbocycles. The molecular weight excluding hydrogens is 340 g/mol. The van der Waals surface area contributed by atoms with Crippen LogP contribution in [0.25, 0.3) is 0 Å². The molecule has 0 bridgehead atoms. The second kappa shape index (κ2) is 7.43. The van der Waals surface area contributed by atoms with Crippen LogP contribution in [0.15, 0.2) is 41.6 Å². The van der Waals surface area contributed by atoms with E-state index < -0.39 is 12.0 Å². The van der Waals surface area contributed by atoms with Gasteiger partial charge in [0.15, 0.2) is 6.04 Å². The van der Waals surface area contributed by atoms with Crippen LogP contribution in [0, 0.1) is 0 Å². The maximum atomic E-state index is 12.4. The second-order valence-electron chi connectivity index (χ2n) is 5.54. The number of hydrogen-bond donors (Lipinski definition) is 2. The summed E-state index contributed by atoms with van der Waals surface area (Å²) in [6, 6.07) is 8.09. The Morgan fingerprint density at radius 3 is 2.76 bits per heavy atom. The molecule has 0 saturated carbocycles. The number of thiazole rings is 1. The van der Waals surface area contributed by atoms with Gasteiger partial charge in [-0.1, -0.05) is 25.1 Å². The number of carboxylic acids is 1. The monoisotopic (exact) mass is 358 g/mol. The molecule has 0 saturated heterocycles. The number of aromatic nitrogens is 1. The summed E-state index contributed by atoms with van der Waals surface area (Å²) in [5.41, 5.74) is 0.855. The van der Waals surface area contributed by atoms with Gasteiger partial charge in [-0.15, -0.1) is 11.3 Å². The van der Waals surface area contributed by atoms with Gasteiger partial charge in [-0.25, -0.2) is 9.78 Å². The largest absolute Gasteiger partial charge is 0.480 e.